The molecule has 0 N–H and O–H groups in total. The largest absolute Gasteiger partial charge is 0.439 e. The number of benzene rings is 2. The van der Waals surface area contributed by atoms with Gasteiger partial charge in [0.25, 0.3) is 0 Å². The first-order valence-electron chi connectivity index (χ1n) is 14.3. The number of unbranched alkanes of at least 4 members (excludes halogenated alkanes) is 3. The second kappa shape index (κ2) is 17.2. The SMILES string of the molecule is CC[N+](CC)(CC)CCCCCCN1C(=Cc2cc[n+](C)c3ccccc23)Oc2ccccc21.[O-][Cl+3]([O-])([O-])[O-].[O-][Cl+3]([O-])([O-])[O-]. The predicted octanol–water partition coefficient (Wildman–Crippen LogP) is -3.21. The summed E-state index contributed by atoms with van der Waals surface area (Å²) in [7, 11) is -7.79. The van der Waals surface area contributed by atoms with Gasteiger partial charge in [-0.2, -0.15) is 0 Å². The number of hydrogen-bond acceptors (Lipinski definition) is 10. The number of hydrogen-bond donors (Lipinski definition) is 0. The minimum absolute atomic E-state index is 0.929. The molecule has 44 heavy (non-hydrogen) atoms. The van der Waals surface area contributed by atoms with Gasteiger partial charge in [0.1, 0.15) is 7.05 Å². The topological polar surface area (TPSA) is 201 Å². The molecule has 1 aliphatic rings. The Labute approximate surface area is 263 Å². The average molecular weight is 659 g/mol. The highest BCUT2D eigenvalue weighted by Crippen LogP contribution is 2.39. The molecule has 1 aliphatic heterocycles. The van der Waals surface area contributed by atoms with Gasteiger partial charge in [0.15, 0.2) is 11.9 Å². The second-order valence-electron chi connectivity index (χ2n) is 10.3. The van der Waals surface area contributed by atoms with Gasteiger partial charge in [-0.05, 0) is 63.8 Å². The molecule has 0 spiro atoms. The fourth-order valence-corrected chi connectivity index (χ4v) is 5.25. The number of pyridine rings is 1. The Morgan fingerprint density at radius 1 is 0.750 bits per heavy atom. The fraction of sp³-hybridized carbons (Fsp3) is 0.433. The minimum Gasteiger partial charge on any atom is -0.439 e. The number of fused-ring (bicyclic) bond motifs is 2. The third-order valence-electron chi connectivity index (χ3n) is 7.76. The van der Waals surface area contributed by atoms with Crippen LogP contribution >= 0.6 is 0 Å². The summed E-state index contributed by atoms with van der Waals surface area (Å²) >= 11 is 0. The molecule has 244 valence electrons. The third-order valence-corrected chi connectivity index (χ3v) is 7.76. The molecule has 2 heterocycles. The Balaban J connectivity index is 0.000000586. The molecular weight excluding hydrogens is 617 g/mol. The minimum atomic E-state index is -4.94. The maximum absolute atomic E-state index is 8.49. The summed E-state index contributed by atoms with van der Waals surface area (Å²) in [5.74, 6) is 1.88. The zero-order chi connectivity index (χ0) is 33.0. The second-order valence-corrected chi connectivity index (χ2v) is 11.8. The van der Waals surface area contributed by atoms with E-state index in [0.29, 0.717) is 0 Å². The van der Waals surface area contributed by atoms with E-state index in [1.807, 2.05) is 0 Å². The van der Waals surface area contributed by atoms with Crippen LogP contribution in [0.3, 0.4) is 0 Å². The molecule has 2 aromatic carbocycles. The number of aryl methyl sites for hydroxylation is 1. The van der Waals surface area contributed by atoms with Gasteiger partial charge in [0, 0.05) is 24.8 Å². The molecule has 14 heteroatoms. The molecule has 0 unspecified atom stereocenters. The lowest BCUT2D eigenvalue weighted by Crippen LogP contribution is -2.68. The number of quaternary nitrogens is 1. The molecule has 0 amide bonds. The van der Waals surface area contributed by atoms with Crippen LogP contribution in [0.4, 0.5) is 5.69 Å². The first-order chi connectivity index (χ1) is 20.6. The van der Waals surface area contributed by atoms with Crippen LogP contribution in [0.25, 0.3) is 17.0 Å². The number of ether oxygens (including phenoxy) is 1. The summed E-state index contributed by atoms with van der Waals surface area (Å²) in [5, 5.41) is 1.24. The van der Waals surface area contributed by atoms with Crippen LogP contribution in [0.5, 0.6) is 5.75 Å². The van der Waals surface area contributed by atoms with Gasteiger partial charge in [0.05, 0.1) is 37.3 Å². The van der Waals surface area contributed by atoms with Gasteiger partial charge in [-0.15, -0.1) is 20.5 Å². The van der Waals surface area contributed by atoms with E-state index in [0.717, 1.165) is 18.2 Å². The Hall–Kier alpha value is -2.59. The lowest BCUT2D eigenvalue weighted by molar-refractivity contribution is -2.00. The standard InChI is InChI=1S/C30H41N3O.2ClHO4/c1-5-33(6-2,7-3)23-15-9-8-14-21-32-28-18-12-13-19-29(28)34-30(32)24-25-20-22-31(4)27-17-11-10-16-26(25)27;2*2-1(3,4)5/h10-13,16-20,22,24H,5-9,14-15,21,23H2,1-4H3;2*(H,2,3,4,5)/q+2;;/p-2. The van der Waals surface area contributed by atoms with Crippen molar-refractivity contribution in [2.75, 3.05) is 37.6 Å². The van der Waals surface area contributed by atoms with E-state index in [-0.39, 0.29) is 0 Å². The zero-order valence-corrected chi connectivity index (χ0v) is 27.0. The number of halogens is 2. The number of aromatic nitrogens is 1. The number of nitrogens with zero attached hydrogens (tertiary/aromatic N) is 3. The third kappa shape index (κ3) is 12.8. The summed E-state index contributed by atoms with van der Waals surface area (Å²) in [6, 6.07) is 19.1. The average Bonchev–Trinajstić information content (AvgIpc) is 3.30. The van der Waals surface area contributed by atoms with Gasteiger partial charge in [0.2, 0.25) is 11.4 Å². The molecule has 3 aromatic rings. The van der Waals surface area contributed by atoms with E-state index in [1.165, 1.54) is 78.5 Å². The highest BCUT2D eigenvalue weighted by atomic mass is 35.7. The summed E-state index contributed by atoms with van der Waals surface area (Å²) in [6.07, 6.45) is 9.38. The summed E-state index contributed by atoms with van der Waals surface area (Å²) < 4.78 is 77.7. The molecule has 0 fully saturated rings. The molecule has 0 radical (unpaired) electrons. The van der Waals surface area contributed by atoms with E-state index in [2.05, 4.69) is 104 Å². The molecule has 0 aliphatic carbocycles. The quantitative estimate of drug-likeness (QED) is 0.115. The Kier molecular flexibility index (Phi) is 14.7. The van der Waals surface area contributed by atoms with Crippen molar-refractivity contribution < 1.29 is 71.5 Å². The summed E-state index contributed by atoms with van der Waals surface area (Å²) in [4.78, 5) is 2.36. The molecule has 0 bridgehead atoms. The van der Waals surface area contributed by atoms with Crippen molar-refractivity contribution in [3.8, 4) is 5.75 Å². The molecule has 0 saturated carbocycles. The van der Waals surface area contributed by atoms with Crippen molar-refractivity contribution >= 4 is 22.7 Å². The normalized spacial score (nSPS) is 14.0. The van der Waals surface area contributed by atoms with Crippen molar-refractivity contribution in [1.82, 2.24) is 0 Å². The van der Waals surface area contributed by atoms with Crippen molar-refractivity contribution in [2.24, 2.45) is 7.05 Å². The molecule has 12 nitrogen and oxygen atoms in total. The number of rotatable bonds is 11. The number of para-hydroxylation sites is 3. The van der Waals surface area contributed by atoms with Crippen molar-refractivity contribution in [3.05, 3.63) is 72.2 Å². The fourth-order valence-electron chi connectivity index (χ4n) is 5.25. The first kappa shape index (κ1) is 37.6. The molecule has 0 saturated heterocycles. The van der Waals surface area contributed by atoms with Gasteiger partial charge in [-0.25, -0.2) is 41.8 Å². The van der Waals surface area contributed by atoms with Crippen molar-refractivity contribution in [2.45, 2.75) is 46.5 Å². The maximum Gasteiger partial charge on any atom is 0.212 e. The lowest BCUT2D eigenvalue weighted by atomic mass is 10.1. The van der Waals surface area contributed by atoms with Gasteiger partial charge in [-0.3, -0.25) is 0 Å². The number of anilines is 1. The van der Waals surface area contributed by atoms with Crippen LogP contribution in [0, 0.1) is 20.5 Å². The van der Waals surface area contributed by atoms with E-state index >= 15 is 0 Å². The van der Waals surface area contributed by atoms with Gasteiger partial charge in [-0.1, -0.05) is 30.7 Å². The van der Waals surface area contributed by atoms with E-state index in [9.17, 15) is 0 Å². The molecule has 1 aromatic heterocycles. The van der Waals surface area contributed by atoms with E-state index in [1.54, 1.807) is 0 Å². The monoisotopic (exact) mass is 657 g/mol. The van der Waals surface area contributed by atoms with Crippen LogP contribution in [0.2, 0.25) is 0 Å². The van der Waals surface area contributed by atoms with Crippen LogP contribution in [0.15, 0.2) is 66.7 Å². The van der Waals surface area contributed by atoms with Crippen molar-refractivity contribution in [3.63, 3.8) is 0 Å². The summed E-state index contributed by atoms with van der Waals surface area (Å²) in [6.45, 7) is 13.0. The Bertz CT molecular complexity index is 1310. The highest BCUT2D eigenvalue weighted by molar-refractivity contribution is 5.87. The van der Waals surface area contributed by atoms with Gasteiger partial charge >= 0.3 is 0 Å². The van der Waals surface area contributed by atoms with Crippen LogP contribution in [0.1, 0.15) is 52.0 Å². The molecular formula is C30H41Cl2N3O9. The Morgan fingerprint density at radius 3 is 1.91 bits per heavy atom. The highest BCUT2D eigenvalue weighted by Gasteiger charge is 2.26. The smallest absolute Gasteiger partial charge is 0.212 e. The van der Waals surface area contributed by atoms with Crippen LogP contribution in [-0.2, 0) is 7.05 Å². The first-order valence-corrected chi connectivity index (χ1v) is 16.8. The molecule has 4 rings (SSSR count). The predicted molar refractivity (Wildman–Crippen MR) is 143 cm³/mol. The van der Waals surface area contributed by atoms with Crippen molar-refractivity contribution in [1.29, 1.82) is 0 Å². The Morgan fingerprint density at radius 2 is 1.30 bits per heavy atom. The lowest BCUT2D eigenvalue weighted by Gasteiger charge is -2.35. The van der Waals surface area contributed by atoms with E-state index < -0.39 is 20.5 Å². The van der Waals surface area contributed by atoms with Crippen LogP contribution < -0.4 is 51.5 Å². The van der Waals surface area contributed by atoms with E-state index in [4.69, 9.17) is 42.0 Å². The molecule has 0 atom stereocenters. The summed E-state index contributed by atoms with van der Waals surface area (Å²) in [5.41, 5.74) is 3.59. The van der Waals surface area contributed by atoms with Gasteiger partial charge < -0.3 is 14.1 Å². The van der Waals surface area contributed by atoms with Crippen LogP contribution in [-0.4, -0.2) is 37.2 Å². The maximum atomic E-state index is 8.49. The zero-order valence-electron chi connectivity index (χ0n) is 25.5.